The minimum absolute atomic E-state index is 0.0126. The van der Waals surface area contributed by atoms with Gasteiger partial charge in [0.05, 0.1) is 11.1 Å². The lowest BCUT2D eigenvalue weighted by molar-refractivity contribution is 0.472. The average molecular weight is 853 g/mol. The third-order valence-electron chi connectivity index (χ3n) is 6.84. The summed E-state index contributed by atoms with van der Waals surface area (Å²) in [7, 11) is -21.5. The molecule has 0 bridgehead atoms. The zero-order chi connectivity index (χ0) is 41.0. The summed E-state index contributed by atoms with van der Waals surface area (Å²) in [5, 5.41) is 25.7. The van der Waals surface area contributed by atoms with E-state index in [1.807, 2.05) is 0 Å². The number of nitrogen functional groups attached to an aromatic ring is 1. The molecule has 0 unspecified atom stereocenters. The largest absolute Gasteiger partial charge is 0.505 e. The monoisotopic (exact) mass is 852 g/mol. The van der Waals surface area contributed by atoms with E-state index in [-0.39, 0.29) is 17.8 Å². The molecule has 55 heavy (non-hydrogen) atoms. The zero-order valence-corrected chi connectivity index (χ0v) is 29.3. The van der Waals surface area contributed by atoms with E-state index in [0.717, 1.165) is 12.1 Å². The standard InChI is InChI=1S/C26H16F4N8O13S4/c27-11-6-14(16(7-12(11)28)53(43,44)45)36-37-23-17(54(46,47)48)3-9-4-18(55(49,50)51)24(25(39)21(9)22(23)31)38-35-13-5-10(1-2-15(13)52(40,41)42)32-20-8-19(29)33-26(30)34-20/h1-8,39H,31H2,(H,32,33,34)(H,40,41,42)(H,43,44,45)(H,46,47,48)(H,49,50,51). The van der Waals surface area contributed by atoms with Crippen molar-refractivity contribution in [2.24, 2.45) is 20.5 Å². The van der Waals surface area contributed by atoms with Crippen LogP contribution < -0.4 is 11.1 Å². The van der Waals surface area contributed by atoms with Crippen LogP contribution in [-0.4, -0.2) is 67.0 Å². The van der Waals surface area contributed by atoms with Gasteiger partial charge in [-0.2, -0.15) is 52.4 Å². The Morgan fingerprint density at radius 2 is 1.11 bits per heavy atom. The number of anilines is 3. The van der Waals surface area contributed by atoms with Gasteiger partial charge in [-0.25, -0.2) is 8.78 Å². The first-order valence-corrected chi connectivity index (χ1v) is 19.5. The Labute approximate surface area is 303 Å². The van der Waals surface area contributed by atoms with Crippen LogP contribution in [0.5, 0.6) is 5.75 Å². The second-order valence-electron chi connectivity index (χ2n) is 10.5. The van der Waals surface area contributed by atoms with Gasteiger partial charge in [0.1, 0.15) is 48.1 Å². The molecule has 0 amide bonds. The number of azo groups is 2. The summed E-state index contributed by atoms with van der Waals surface area (Å²) >= 11 is 0. The average Bonchev–Trinajstić information content (AvgIpc) is 3.02. The first kappa shape index (κ1) is 40.4. The van der Waals surface area contributed by atoms with E-state index < -0.39 is 134 Å². The third-order valence-corrected chi connectivity index (χ3v) is 10.4. The van der Waals surface area contributed by atoms with Crippen molar-refractivity contribution in [3.8, 4) is 5.75 Å². The number of phenols is 1. The van der Waals surface area contributed by atoms with Crippen LogP contribution in [-0.2, 0) is 40.5 Å². The molecule has 0 aliphatic carbocycles. The van der Waals surface area contributed by atoms with E-state index in [9.17, 15) is 74.6 Å². The number of aromatic hydroxyl groups is 1. The first-order valence-electron chi connectivity index (χ1n) is 13.7. The first-order chi connectivity index (χ1) is 25.3. The molecule has 0 aliphatic rings. The van der Waals surface area contributed by atoms with Gasteiger partial charge in [-0.05, 0) is 35.7 Å². The van der Waals surface area contributed by atoms with Crippen LogP contribution in [0.3, 0.4) is 0 Å². The summed E-state index contributed by atoms with van der Waals surface area (Å²) in [6.45, 7) is 0. The number of halogens is 4. The second-order valence-corrected chi connectivity index (χ2v) is 16.1. The molecule has 1 aromatic heterocycles. The molecule has 21 nitrogen and oxygen atoms in total. The summed E-state index contributed by atoms with van der Waals surface area (Å²) in [5.74, 6) is -6.75. The number of hydrogen-bond donors (Lipinski definition) is 7. The van der Waals surface area contributed by atoms with Crippen molar-refractivity contribution in [3.63, 3.8) is 0 Å². The predicted molar refractivity (Wildman–Crippen MR) is 176 cm³/mol. The Kier molecular flexibility index (Phi) is 10.4. The molecule has 0 saturated carbocycles. The van der Waals surface area contributed by atoms with Crippen molar-refractivity contribution >= 4 is 91.2 Å². The number of phenolic OH excluding ortho intramolecular Hbond substituents is 1. The Hall–Kier alpha value is -5.82. The number of hydrogen-bond acceptors (Lipinski definition) is 17. The van der Waals surface area contributed by atoms with Gasteiger partial charge in [-0.15, -0.1) is 20.5 Å². The Morgan fingerprint density at radius 1 is 0.600 bits per heavy atom. The summed E-state index contributed by atoms with van der Waals surface area (Å²) in [6, 6.07) is 3.94. The molecule has 29 heteroatoms. The normalized spacial score (nSPS) is 12.9. The van der Waals surface area contributed by atoms with Crippen molar-refractivity contribution in [2.75, 3.05) is 11.1 Å². The lowest BCUT2D eigenvalue weighted by atomic mass is 10.1. The fraction of sp³-hybridized carbons (Fsp3) is 0. The Bertz CT molecular complexity index is 2970. The fourth-order valence-electron chi connectivity index (χ4n) is 4.61. The smallest absolute Gasteiger partial charge is 0.313 e. The van der Waals surface area contributed by atoms with Gasteiger partial charge in [0.2, 0.25) is 5.95 Å². The highest BCUT2D eigenvalue weighted by molar-refractivity contribution is 7.86. The molecule has 0 radical (unpaired) electrons. The van der Waals surface area contributed by atoms with E-state index in [1.165, 1.54) is 0 Å². The molecule has 0 saturated heterocycles. The van der Waals surface area contributed by atoms with Crippen LogP contribution in [0.1, 0.15) is 0 Å². The van der Waals surface area contributed by atoms with Crippen molar-refractivity contribution in [1.29, 1.82) is 0 Å². The van der Waals surface area contributed by atoms with Crippen molar-refractivity contribution < 1.29 is 74.6 Å². The maximum atomic E-state index is 14.0. The molecule has 4 aromatic carbocycles. The minimum Gasteiger partial charge on any atom is -0.505 e. The lowest BCUT2D eigenvalue weighted by Crippen LogP contribution is -2.04. The lowest BCUT2D eigenvalue weighted by Gasteiger charge is -2.14. The quantitative estimate of drug-likeness (QED) is 0.0242. The summed E-state index contributed by atoms with van der Waals surface area (Å²) < 4.78 is 191. The summed E-state index contributed by atoms with van der Waals surface area (Å²) in [6.07, 6.45) is -1.51. The van der Waals surface area contributed by atoms with Gasteiger partial charge in [-0.3, -0.25) is 18.2 Å². The Morgan fingerprint density at radius 3 is 1.65 bits per heavy atom. The molecule has 290 valence electrons. The van der Waals surface area contributed by atoms with E-state index in [4.69, 9.17) is 5.73 Å². The molecule has 0 spiro atoms. The highest BCUT2D eigenvalue weighted by Crippen LogP contribution is 2.48. The number of fused-ring (bicyclic) bond motifs is 1. The van der Waals surface area contributed by atoms with E-state index in [2.05, 4.69) is 35.7 Å². The molecule has 0 fully saturated rings. The number of aromatic nitrogens is 2. The highest BCUT2D eigenvalue weighted by Gasteiger charge is 2.29. The topological polar surface area (TPSA) is 351 Å². The highest BCUT2D eigenvalue weighted by atomic mass is 32.2. The van der Waals surface area contributed by atoms with Crippen LogP contribution in [0.2, 0.25) is 0 Å². The van der Waals surface area contributed by atoms with E-state index in [0.29, 0.717) is 24.3 Å². The maximum Gasteiger partial charge on any atom is 0.313 e. The number of nitrogens with two attached hydrogens (primary N) is 1. The van der Waals surface area contributed by atoms with Gasteiger partial charge in [-0.1, -0.05) is 0 Å². The molecular formula is C26H16F4N8O13S4. The van der Waals surface area contributed by atoms with E-state index in [1.54, 1.807) is 0 Å². The van der Waals surface area contributed by atoms with E-state index >= 15 is 0 Å². The molecule has 1 heterocycles. The number of nitrogens with zero attached hydrogens (tertiary/aromatic N) is 6. The van der Waals surface area contributed by atoms with Crippen molar-refractivity contribution in [2.45, 2.75) is 19.6 Å². The van der Waals surface area contributed by atoms with Gasteiger partial charge in [0, 0.05) is 23.9 Å². The molecule has 0 aliphatic heterocycles. The zero-order valence-electron chi connectivity index (χ0n) is 26.0. The maximum absolute atomic E-state index is 14.0. The predicted octanol–water partition coefficient (Wildman–Crippen LogP) is 5.04. The van der Waals surface area contributed by atoms with Crippen LogP contribution in [0, 0.1) is 23.7 Å². The molecule has 0 atom stereocenters. The number of rotatable bonds is 10. The molecule has 8 N–H and O–H groups in total. The third kappa shape index (κ3) is 8.62. The van der Waals surface area contributed by atoms with Crippen LogP contribution >= 0.6 is 0 Å². The van der Waals surface area contributed by atoms with Gasteiger partial charge in [0.15, 0.2) is 17.4 Å². The molecule has 5 aromatic rings. The second kappa shape index (κ2) is 14.1. The van der Waals surface area contributed by atoms with Crippen LogP contribution in [0.25, 0.3) is 10.8 Å². The van der Waals surface area contributed by atoms with Crippen molar-refractivity contribution in [3.05, 3.63) is 72.2 Å². The Balaban J connectivity index is 1.77. The molecular weight excluding hydrogens is 837 g/mol. The van der Waals surface area contributed by atoms with Gasteiger partial charge < -0.3 is 16.2 Å². The molecule has 5 rings (SSSR count). The summed E-state index contributed by atoms with van der Waals surface area (Å²) in [5.41, 5.74) is 0.282. The summed E-state index contributed by atoms with van der Waals surface area (Å²) in [4.78, 5) is 0.935. The van der Waals surface area contributed by atoms with Gasteiger partial charge >= 0.3 is 6.08 Å². The number of nitrogens with one attached hydrogen (secondary N) is 1. The minimum atomic E-state index is -5.51. The van der Waals surface area contributed by atoms with Crippen LogP contribution in [0.15, 0.2) is 88.6 Å². The number of benzene rings is 4. The van der Waals surface area contributed by atoms with Crippen LogP contribution in [0.4, 0.5) is 57.5 Å². The van der Waals surface area contributed by atoms with Gasteiger partial charge in [0.25, 0.3) is 40.5 Å². The SMILES string of the molecule is Nc1c(N=Nc2cc(F)c(F)cc2S(=O)(=O)O)c(S(=O)(=O)O)cc2cc(S(=O)(=O)O)c(N=Nc3cc(Nc4cc(F)nc(F)n4)ccc3S(=O)(=O)O)c(O)c12. The van der Waals surface area contributed by atoms with Crippen molar-refractivity contribution in [1.82, 2.24) is 9.97 Å². The fourth-order valence-corrected chi connectivity index (χ4v) is 7.16.